The smallest absolute Gasteiger partial charge is 0.214 e. The van der Waals surface area contributed by atoms with E-state index in [1.54, 1.807) is 18.2 Å². The second-order valence-electron chi connectivity index (χ2n) is 6.92. The van der Waals surface area contributed by atoms with Gasteiger partial charge in [-0.25, -0.2) is 4.98 Å². The molecule has 28 heavy (non-hydrogen) atoms. The van der Waals surface area contributed by atoms with Crippen LogP contribution < -0.4 is 4.74 Å². The van der Waals surface area contributed by atoms with Crippen LogP contribution in [0.4, 0.5) is 0 Å². The van der Waals surface area contributed by atoms with Crippen molar-refractivity contribution in [1.82, 2.24) is 9.88 Å². The SMILES string of the molecule is BCC(=O)N1CC([C@H](C)Oc2ccc(C#N)cn2)[C@@H](c2ccc(Cl)c(Cl)c2)C1. The van der Waals surface area contributed by atoms with Gasteiger partial charge in [0, 0.05) is 37.2 Å². The predicted octanol–water partition coefficient (Wildman–Crippen LogP) is 3.32. The molecule has 0 N–H and O–H groups in total. The van der Waals surface area contributed by atoms with Crippen LogP contribution in [0.25, 0.3) is 0 Å². The molecule has 2 heterocycles. The van der Waals surface area contributed by atoms with Crippen molar-refractivity contribution >= 4 is 37.0 Å². The van der Waals surface area contributed by atoms with Crippen LogP contribution in [0.5, 0.6) is 5.88 Å². The molecule has 1 saturated heterocycles. The average Bonchev–Trinajstić information content (AvgIpc) is 3.15. The molecular formula is C20H20BCl2N3O2. The number of hydrogen-bond donors (Lipinski definition) is 0. The molecule has 1 fully saturated rings. The minimum Gasteiger partial charge on any atom is -0.474 e. The highest BCUT2D eigenvalue weighted by atomic mass is 35.5. The first-order valence-electron chi connectivity index (χ1n) is 9.18. The lowest BCUT2D eigenvalue weighted by atomic mass is 9.86. The predicted molar refractivity (Wildman–Crippen MR) is 112 cm³/mol. The average molecular weight is 416 g/mol. The molecule has 1 amide bonds. The first kappa shape index (κ1) is 20.5. The molecule has 144 valence electrons. The first-order chi connectivity index (χ1) is 13.4. The number of amides is 1. The van der Waals surface area contributed by atoms with Crippen LogP contribution in [0, 0.1) is 17.2 Å². The Kier molecular flexibility index (Phi) is 6.48. The van der Waals surface area contributed by atoms with E-state index in [-0.39, 0.29) is 23.8 Å². The van der Waals surface area contributed by atoms with Gasteiger partial charge in [0.15, 0.2) is 0 Å². The third kappa shape index (κ3) is 4.43. The standard InChI is InChI=1S/C20H20BCl2N3O2/c1-12(28-19-5-2-13(8-24)9-25-19)15-10-26(20(27)7-21)11-16(15)14-3-4-17(22)18(23)6-14/h2-6,9,12,15-16H,7,10-11,21H2,1H3/t12-,15?,16+/m0/s1. The summed E-state index contributed by atoms with van der Waals surface area (Å²) in [6, 6.07) is 11.0. The Morgan fingerprint density at radius 2 is 2.14 bits per heavy atom. The van der Waals surface area contributed by atoms with Gasteiger partial charge < -0.3 is 9.64 Å². The fraction of sp³-hybridized carbons (Fsp3) is 0.350. The molecule has 1 aliphatic heterocycles. The number of rotatable bonds is 5. The van der Waals surface area contributed by atoms with Gasteiger partial charge in [-0.1, -0.05) is 29.3 Å². The fourth-order valence-electron chi connectivity index (χ4n) is 3.62. The molecule has 1 aromatic heterocycles. The van der Waals surface area contributed by atoms with E-state index in [1.807, 2.05) is 37.9 Å². The Hall–Kier alpha value is -2.23. The van der Waals surface area contributed by atoms with E-state index in [1.165, 1.54) is 6.20 Å². The molecule has 5 nitrogen and oxygen atoms in total. The lowest BCUT2D eigenvalue weighted by Gasteiger charge is -2.25. The molecule has 0 spiro atoms. The maximum Gasteiger partial charge on any atom is 0.214 e. The topological polar surface area (TPSA) is 66.2 Å². The zero-order valence-electron chi connectivity index (χ0n) is 15.7. The zero-order chi connectivity index (χ0) is 20.3. The molecular weight excluding hydrogens is 396 g/mol. The summed E-state index contributed by atoms with van der Waals surface area (Å²) in [5, 5.41) is 9.91. The molecule has 1 aromatic carbocycles. The van der Waals surface area contributed by atoms with Crippen molar-refractivity contribution < 1.29 is 9.53 Å². The Labute approximate surface area is 175 Å². The van der Waals surface area contributed by atoms with E-state index < -0.39 is 0 Å². The molecule has 0 bridgehead atoms. The summed E-state index contributed by atoms with van der Waals surface area (Å²) in [5.74, 6) is 0.736. The first-order valence-corrected chi connectivity index (χ1v) is 9.94. The third-order valence-corrected chi connectivity index (χ3v) is 5.91. The monoisotopic (exact) mass is 415 g/mol. The number of carbonyl (C=O) groups is 1. The molecule has 1 aliphatic rings. The number of ether oxygens (including phenoxy) is 1. The molecule has 0 aliphatic carbocycles. The van der Waals surface area contributed by atoms with Crippen LogP contribution in [0.2, 0.25) is 16.4 Å². The van der Waals surface area contributed by atoms with Crippen molar-refractivity contribution in [2.24, 2.45) is 5.92 Å². The van der Waals surface area contributed by atoms with Gasteiger partial charge in [-0.3, -0.25) is 4.79 Å². The lowest BCUT2D eigenvalue weighted by Crippen LogP contribution is -2.32. The van der Waals surface area contributed by atoms with Crippen LogP contribution in [0.1, 0.15) is 24.0 Å². The van der Waals surface area contributed by atoms with E-state index in [0.717, 1.165) is 5.56 Å². The van der Waals surface area contributed by atoms with Crippen LogP contribution in [0.3, 0.4) is 0 Å². The van der Waals surface area contributed by atoms with Crippen LogP contribution in [-0.4, -0.2) is 42.8 Å². The largest absolute Gasteiger partial charge is 0.474 e. The lowest BCUT2D eigenvalue weighted by molar-refractivity contribution is -0.127. The molecule has 2 aromatic rings. The maximum atomic E-state index is 12.3. The number of halogens is 2. The number of aromatic nitrogens is 1. The summed E-state index contributed by atoms with van der Waals surface area (Å²) in [6.07, 6.45) is 1.77. The number of nitriles is 1. The van der Waals surface area contributed by atoms with Gasteiger partial charge >= 0.3 is 0 Å². The third-order valence-electron chi connectivity index (χ3n) is 5.17. The van der Waals surface area contributed by atoms with Crippen molar-refractivity contribution in [3.63, 3.8) is 0 Å². The summed E-state index contributed by atoms with van der Waals surface area (Å²) >= 11 is 12.3. The zero-order valence-corrected chi connectivity index (χ0v) is 17.2. The fourth-order valence-corrected chi connectivity index (χ4v) is 3.93. The van der Waals surface area contributed by atoms with Gasteiger partial charge in [-0.15, -0.1) is 0 Å². The highest BCUT2D eigenvalue weighted by Gasteiger charge is 2.39. The molecule has 3 atom stereocenters. The highest BCUT2D eigenvalue weighted by molar-refractivity contribution is 6.42. The van der Waals surface area contributed by atoms with E-state index in [2.05, 4.69) is 4.98 Å². The second-order valence-corrected chi connectivity index (χ2v) is 7.73. The van der Waals surface area contributed by atoms with Gasteiger partial charge in [0.2, 0.25) is 11.8 Å². The Balaban J connectivity index is 1.84. The number of hydrogen-bond acceptors (Lipinski definition) is 4. The summed E-state index contributed by atoms with van der Waals surface area (Å²) < 4.78 is 6.05. The normalized spacial score (nSPS) is 19.9. The minimum atomic E-state index is -0.186. The summed E-state index contributed by atoms with van der Waals surface area (Å²) in [7, 11) is 1.87. The summed E-state index contributed by atoms with van der Waals surface area (Å²) in [5.41, 5.74) is 1.52. The minimum absolute atomic E-state index is 0.0742. The van der Waals surface area contributed by atoms with E-state index in [0.29, 0.717) is 40.9 Å². The van der Waals surface area contributed by atoms with Gasteiger partial charge in [0.25, 0.3) is 0 Å². The molecule has 8 heteroatoms. The van der Waals surface area contributed by atoms with Crippen molar-refractivity contribution in [3.05, 3.63) is 57.7 Å². The Morgan fingerprint density at radius 3 is 2.75 bits per heavy atom. The van der Waals surface area contributed by atoms with Crippen LogP contribution in [0.15, 0.2) is 36.5 Å². The van der Waals surface area contributed by atoms with Gasteiger partial charge in [0.1, 0.15) is 20.0 Å². The Morgan fingerprint density at radius 1 is 1.36 bits per heavy atom. The van der Waals surface area contributed by atoms with Crippen molar-refractivity contribution in [2.45, 2.75) is 25.3 Å². The molecule has 3 rings (SSSR count). The van der Waals surface area contributed by atoms with Crippen molar-refractivity contribution in [2.75, 3.05) is 13.1 Å². The number of carbonyl (C=O) groups excluding carboxylic acids is 1. The number of nitrogens with zero attached hydrogens (tertiary/aromatic N) is 3. The van der Waals surface area contributed by atoms with E-state index in [4.69, 9.17) is 33.2 Å². The highest BCUT2D eigenvalue weighted by Crippen LogP contribution is 2.38. The maximum absolute atomic E-state index is 12.3. The van der Waals surface area contributed by atoms with E-state index >= 15 is 0 Å². The summed E-state index contributed by atoms with van der Waals surface area (Å²) in [4.78, 5) is 18.4. The molecule has 0 radical (unpaired) electrons. The Bertz CT molecular complexity index is 901. The van der Waals surface area contributed by atoms with Gasteiger partial charge in [-0.05, 0) is 37.0 Å². The second kappa shape index (κ2) is 8.85. The number of benzene rings is 1. The van der Waals surface area contributed by atoms with E-state index in [9.17, 15) is 4.79 Å². The number of pyridine rings is 1. The van der Waals surface area contributed by atoms with Crippen LogP contribution >= 0.6 is 23.2 Å². The van der Waals surface area contributed by atoms with Gasteiger partial charge in [0.05, 0.1) is 15.6 Å². The van der Waals surface area contributed by atoms with Crippen LogP contribution in [-0.2, 0) is 4.79 Å². The van der Waals surface area contributed by atoms with Gasteiger partial charge in [-0.2, -0.15) is 5.26 Å². The quantitative estimate of drug-likeness (QED) is 0.702. The molecule has 0 saturated carbocycles. The van der Waals surface area contributed by atoms with Crippen molar-refractivity contribution in [1.29, 1.82) is 5.26 Å². The summed E-state index contributed by atoms with van der Waals surface area (Å²) in [6.45, 7) is 3.20. The number of likely N-dealkylation sites (tertiary alicyclic amines) is 1. The molecule has 1 unspecified atom stereocenters. The van der Waals surface area contributed by atoms with Crippen molar-refractivity contribution in [3.8, 4) is 11.9 Å².